The fraction of sp³-hybridized carbons (Fsp3) is 0.444. The number of fused-ring (bicyclic) bond motifs is 1. The van der Waals surface area contributed by atoms with Crippen LogP contribution >= 0.6 is 35.1 Å². The van der Waals surface area contributed by atoms with E-state index < -0.39 is 47.5 Å². The van der Waals surface area contributed by atoms with Crippen molar-refractivity contribution in [2.75, 3.05) is 30.4 Å². The number of carbonyl (C=O) groups excluding carboxylic acids is 2. The predicted molar refractivity (Wildman–Crippen MR) is 136 cm³/mol. The molecule has 2 amide bonds. The van der Waals surface area contributed by atoms with Crippen molar-refractivity contribution in [2.24, 2.45) is 10.9 Å². The number of oxime groups is 1. The molecule has 2 unspecified atom stereocenters. The number of nitrogens with zero attached hydrogens (tertiary/aromatic N) is 8. The van der Waals surface area contributed by atoms with Gasteiger partial charge < -0.3 is 31.8 Å². The smallest absolute Gasteiger partial charge is 0.352 e. The number of nitrogens with two attached hydrogens (primary N) is 2. The van der Waals surface area contributed by atoms with Crippen LogP contribution in [0.3, 0.4) is 0 Å². The first kappa shape index (κ1) is 28.2. The second kappa shape index (κ2) is 12.4. The first-order valence-corrected chi connectivity index (χ1v) is 13.8. The fourth-order valence-corrected chi connectivity index (χ4v) is 6.33. The third-order valence-corrected chi connectivity index (χ3v) is 8.12. The third kappa shape index (κ3) is 6.26. The van der Waals surface area contributed by atoms with Crippen molar-refractivity contribution in [3.63, 3.8) is 0 Å². The number of nitrogen functional groups attached to an aromatic ring is 1. The molecule has 0 radical (unpaired) electrons. The van der Waals surface area contributed by atoms with Gasteiger partial charge in [-0.15, -0.1) is 16.9 Å². The molecule has 18 nitrogen and oxygen atoms in total. The number of anilines is 1. The molecule has 39 heavy (non-hydrogen) atoms. The van der Waals surface area contributed by atoms with Crippen LogP contribution in [0.15, 0.2) is 21.6 Å². The van der Waals surface area contributed by atoms with Crippen LogP contribution in [0.5, 0.6) is 0 Å². The Morgan fingerprint density at radius 1 is 1.31 bits per heavy atom. The second-order valence-electron chi connectivity index (χ2n) is 7.80. The van der Waals surface area contributed by atoms with Crippen LogP contribution in [0.2, 0.25) is 0 Å². The van der Waals surface area contributed by atoms with Crippen LogP contribution in [0.25, 0.3) is 0 Å². The minimum absolute atomic E-state index is 0.0208. The van der Waals surface area contributed by atoms with E-state index in [9.17, 15) is 24.3 Å². The van der Waals surface area contributed by atoms with Crippen molar-refractivity contribution in [3.05, 3.63) is 17.1 Å². The highest BCUT2D eigenvalue weighted by Crippen LogP contribution is 2.41. The minimum atomic E-state index is -1.33. The number of carbonyl (C=O) groups is 4. The molecule has 208 valence electrons. The van der Waals surface area contributed by atoms with Gasteiger partial charge in [0.05, 0.1) is 0 Å². The number of carboxylic acids is 2. The Hall–Kier alpha value is -3.82. The molecule has 4 heterocycles. The molecule has 0 bridgehead atoms. The van der Waals surface area contributed by atoms with Crippen LogP contribution in [0.1, 0.15) is 12.2 Å². The zero-order valence-corrected chi connectivity index (χ0v) is 22.2. The number of β-lactam (4-membered cyclic amide) rings is 1. The molecule has 2 atom stereocenters. The molecule has 2 aromatic rings. The van der Waals surface area contributed by atoms with Crippen molar-refractivity contribution in [3.8, 4) is 0 Å². The second-order valence-corrected chi connectivity index (χ2v) is 10.6. The minimum Gasteiger partial charge on any atom is -0.479 e. The number of amides is 2. The Bertz CT molecular complexity index is 1340. The van der Waals surface area contributed by atoms with Crippen molar-refractivity contribution < 1.29 is 34.2 Å². The molecule has 0 saturated carbocycles. The van der Waals surface area contributed by atoms with E-state index in [1.165, 1.54) is 23.5 Å². The first-order chi connectivity index (χ1) is 18.7. The average Bonchev–Trinajstić information content (AvgIpc) is 3.54. The summed E-state index contributed by atoms with van der Waals surface area (Å²) >= 11 is 3.27. The Balaban J connectivity index is 1.47. The zero-order chi connectivity index (χ0) is 28.1. The molecule has 0 aromatic carbocycles. The Morgan fingerprint density at radius 3 is 2.77 bits per heavy atom. The normalized spacial score (nSPS) is 18.9. The van der Waals surface area contributed by atoms with Crippen molar-refractivity contribution >= 4 is 69.7 Å². The number of nitrogens with one attached hydrogen (secondary N) is 1. The number of aliphatic carboxylic acids is 2. The molecule has 7 N–H and O–H groups in total. The van der Waals surface area contributed by atoms with E-state index in [1.54, 1.807) is 4.68 Å². The first-order valence-electron chi connectivity index (χ1n) is 11.0. The van der Waals surface area contributed by atoms with E-state index in [0.717, 1.165) is 16.4 Å². The van der Waals surface area contributed by atoms with E-state index in [2.05, 4.69) is 40.2 Å². The largest absolute Gasteiger partial charge is 0.479 e. The summed E-state index contributed by atoms with van der Waals surface area (Å²) in [6.07, 6.45) is 0.665. The summed E-state index contributed by atoms with van der Waals surface area (Å²) < 4.78 is 5.44. The monoisotopic (exact) mass is 599 g/mol. The number of thioether (sulfide) groups is 2. The van der Waals surface area contributed by atoms with E-state index in [4.69, 9.17) is 16.6 Å². The highest BCUT2D eigenvalue weighted by molar-refractivity contribution is 8.01. The predicted octanol–water partition coefficient (Wildman–Crippen LogP) is -2.21. The number of tetrazole rings is 1. The Morgan fingerprint density at radius 2 is 2.10 bits per heavy atom. The van der Waals surface area contributed by atoms with Crippen LogP contribution in [-0.4, -0.2) is 110 Å². The molecule has 1 saturated heterocycles. The van der Waals surface area contributed by atoms with Gasteiger partial charge in [0.15, 0.2) is 5.13 Å². The fourth-order valence-electron chi connectivity index (χ4n) is 3.50. The molecule has 4 rings (SSSR count). The van der Waals surface area contributed by atoms with Gasteiger partial charge in [-0.3, -0.25) is 14.5 Å². The van der Waals surface area contributed by atoms with E-state index >= 15 is 0 Å². The van der Waals surface area contributed by atoms with Gasteiger partial charge in [0, 0.05) is 29.6 Å². The SMILES string of the molecule is NCCCn1nnnc1SCC1=C(C(=O)O)N2C(=O)C(NC(=O)/C(=N/OCC(=O)O)c3nsc(N)n3)C2SC1. The molecular weight excluding hydrogens is 578 g/mol. The molecule has 0 aliphatic carbocycles. The standard InChI is InChI=1S/C18H21N11O7S3/c19-2-1-3-28-18(23-26-27-28)38-6-7-5-37-15-10(14(33)29(15)11(7)16(34)35)21-13(32)9(24-36-4-8(30)31)12-22-17(20)39-25-12/h10,15H,1-6,19H2,(H,21,32)(H,30,31)(H,34,35)(H2,20,22,25)/b24-9+. The van der Waals surface area contributed by atoms with Gasteiger partial charge in [0.25, 0.3) is 11.8 Å². The van der Waals surface area contributed by atoms with Crippen molar-refractivity contribution in [2.45, 2.75) is 29.5 Å². The summed E-state index contributed by atoms with van der Waals surface area (Å²) in [6.45, 7) is 0.134. The van der Waals surface area contributed by atoms with Gasteiger partial charge in [0.1, 0.15) is 17.1 Å². The number of carboxylic acid groups (broad SMARTS) is 2. The van der Waals surface area contributed by atoms with E-state index in [-0.39, 0.29) is 28.2 Å². The topological polar surface area (TPSA) is 267 Å². The summed E-state index contributed by atoms with van der Waals surface area (Å²) in [6, 6.07) is -1.09. The summed E-state index contributed by atoms with van der Waals surface area (Å²) in [5, 5.41) is 35.9. The molecule has 21 heteroatoms. The maximum Gasteiger partial charge on any atom is 0.352 e. The van der Waals surface area contributed by atoms with E-state index in [1.807, 2.05) is 0 Å². The number of aryl methyl sites for hydroxylation is 1. The Kier molecular flexibility index (Phi) is 8.93. The lowest BCUT2D eigenvalue weighted by Crippen LogP contribution is -2.71. The van der Waals surface area contributed by atoms with Gasteiger partial charge >= 0.3 is 11.9 Å². The van der Waals surface area contributed by atoms with Crippen molar-refractivity contribution in [1.29, 1.82) is 0 Å². The van der Waals surface area contributed by atoms with Crippen LogP contribution < -0.4 is 16.8 Å². The van der Waals surface area contributed by atoms with Gasteiger partial charge in [-0.05, 0) is 29.0 Å². The number of rotatable bonds is 13. The number of hydrogen-bond donors (Lipinski definition) is 5. The summed E-state index contributed by atoms with van der Waals surface area (Å²) in [7, 11) is 0. The van der Waals surface area contributed by atoms with Crippen LogP contribution in [-0.2, 0) is 30.6 Å². The lowest BCUT2D eigenvalue weighted by Gasteiger charge is -2.49. The molecule has 2 aliphatic heterocycles. The molecule has 0 spiro atoms. The van der Waals surface area contributed by atoms with Gasteiger partial charge in [-0.25, -0.2) is 14.3 Å². The summed E-state index contributed by atoms with van der Waals surface area (Å²) in [4.78, 5) is 58.5. The van der Waals surface area contributed by atoms with Gasteiger partial charge in [-0.1, -0.05) is 16.9 Å². The van der Waals surface area contributed by atoms with Crippen LogP contribution in [0, 0.1) is 0 Å². The maximum absolute atomic E-state index is 13.0. The molecular formula is C18H21N11O7S3. The highest BCUT2D eigenvalue weighted by atomic mass is 32.2. The van der Waals surface area contributed by atoms with Crippen molar-refractivity contribution in [1.82, 2.24) is 39.8 Å². The third-order valence-electron chi connectivity index (χ3n) is 5.20. The average molecular weight is 600 g/mol. The van der Waals surface area contributed by atoms with Crippen LogP contribution in [0.4, 0.5) is 5.13 Å². The lowest BCUT2D eigenvalue weighted by atomic mass is 10.0. The quantitative estimate of drug-likeness (QED) is 0.0706. The van der Waals surface area contributed by atoms with Gasteiger partial charge in [-0.2, -0.15) is 9.36 Å². The molecule has 1 fully saturated rings. The summed E-state index contributed by atoms with van der Waals surface area (Å²) in [5.74, 6) is -3.93. The molecule has 2 aliphatic rings. The number of aromatic nitrogens is 6. The zero-order valence-electron chi connectivity index (χ0n) is 19.8. The van der Waals surface area contributed by atoms with E-state index in [0.29, 0.717) is 30.2 Å². The highest BCUT2D eigenvalue weighted by Gasteiger charge is 2.54. The lowest BCUT2D eigenvalue weighted by molar-refractivity contribution is -0.150. The number of hydrogen-bond acceptors (Lipinski definition) is 16. The van der Waals surface area contributed by atoms with Gasteiger partial charge in [0.2, 0.25) is 23.3 Å². The summed E-state index contributed by atoms with van der Waals surface area (Å²) in [5.41, 5.74) is 10.9. The maximum atomic E-state index is 13.0. The molecule has 2 aromatic heterocycles. The Labute approximate surface area is 231 Å².